The molecule has 1 saturated carbocycles. The molecule has 0 heterocycles. The van der Waals surface area contributed by atoms with E-state index in [0.29, 0.717) is 13.1 Å². The highest BCUT2D eigenvalue weighted by molar-refractivity contribution is 7.89. The molecule has 102 valence electrons. The van der Waals surface area contributed by atoms with Crippen LogP contribution in [-0.4, -0.2) is 37.6 Å². The maximum atomic E-state index is 12.1. The summed E-state index contributed by atoms with van der Waals surface area (Å²) in [4.78, 5) is 0. The van der Waals surface area contributed by atoms with Gasteiger partial charge in [0.15, 0.2) is 0 Å². The van der Waals surface area contributed by atoms with Crippen LogP contribution in [0.15, 0.2) is 0 Å². The highest BCUT2D eigenvalue weighted by Gasteiger charge is 2.28. The Morgan fingerprint density at radius 3 is 2.24 bits per heavy atom. The van der Waals surface area contributed by atoms with Crippen molar-refractivity contribution in [1.82, 2.24) is 4.31 Å². The van der Waals surface area contributed by atoms with Crippen molar-refractivity contribution < 1.29 is 8.42 Å². The highest BCUT2D eigenvalue weighted by Crippen LogP contribution is 2.24. The average Bonchev–Trinajstić information content (AvgIpc) is 2.58. The van der Waals surface area contributed by atoms with E-state index in [-0.39, 0.29) is 11.8 Å². The molecule has 4 nitrogen and oxygen atoms in total. The Bertz CT molecular complexity index is 296. The van der Waals surface area contributed by atoms with Gasteiger partial charge in [-0.3, -0.25) is 0 Å². The number of rotatable bonds is 6. The summed E-state index contributed by atoms with van der Waals surface area (Å²) in [6.45, 7) is 2.88. The molecule has 17 heavy (non-hydrogen) atoms. The van der Waals surface area contributed by atoms with Crippen LogP contribution in [0.3, 0.4) is 0 Å². The molecule has 0 aromatic rings. The van der Waals surface area contributed by atoms with Crippen LogP contribution in [0.4, 0.5) is 0 Å². The van der Waals surface area contributed by atoms with Crippen LogP contribution in [0.5, 0.6) is 0 Å². The largest absolute Gasteiger partial charge is 0.330 e. The van der Waals surface area contributed by atoms with E-state index in [2.05, 4.69) is 0 Å². The molecule has 0 amide bonds. The monoisotopic (exact) mass is 262 g/mol. The van der Waals surface area contributed by atoms with Gasteiger partial charge in [-0.15, -0.1) is 0 Å². The molecule has 1 rings (SSSR count). The van der Waals surface area contributed by atoms with E-state index in [4.69, 9.17) is 5.73 Å². The molecule has 0 radical (unpaired) electrons. The van der Waals surface area contributed by atoms with E-state index in [1.165, 1.54) is 12.8 Å². The molecule has 0 aliphatic heterocycles. The second-order valence-electron chi connectivity index (χ2n) is 4.80. The van der Waals surface area contributed by atoms with Crippen molar-refractivity contribution >= 4 is 10.0 Å². The topological polar surface area (TPSA) is 63.4 Å². The number of hydrogen-bond acceptors (Lipinski definition) is 3. The lowest BCUT2D eigenvalue weighted by Crippen LogP contribution is -2.42. The Labute approximate surface area is 106 Å². The first kappa shape index (κ1) is 14.9. The summed E-state index contributed by atoms with van der Waals surface area (Å²) in [6, 6.07) is 0.217. The molecular weight excluding hydrogens is 236 g/mol. The minimum absolute atomic E-state index is 0.202. The molecule has 0 saturated heterocycles. The van der Waals surface area contributed by atoms with Gasteiger partial charge in [-0.2, -0.15) is 4.31 Å². The summed E-state index contributed by atoms with van der Waals surface area (Å²) in [7, 11) is -3.07. The van der Waals surface area contributed by atoms with Gasteiger partial charge in [-0.1, -0.05) is 25.7 Å². The zero-order valence-corrected chi connectivity index (χ0v) is 11.7. The van der Waals surface area contributed by atoms with Crippen molar-refractivity contribution in [3.63, 3.8) is 0 Å². The Kier molecular flexibility index (Phi) is 6.44. The molecule has 0 unspecified atom stereocenters. The van der Waals surface area contributed by atoms with Crippen molar-refractivity contribution in [3.8, 4) is 0 Å². The average molecular weight is 262 g/mol. The number of sulfonamides is 1. The normalized spacial score (nSPS) is 19.5. The summed E-state index contributed by atoms with van der Waals surface area (Å²) in [5.74, 6) is 0.202. The van der Waals surface area contributed by atoms with Gasteiger partial charge < -0.3 is 5.73 Å². The standard InChI is InChI=1S/C12H26N2O2S/c1-2-17(15,16)14(11-7-10-13)12-8-5-3-4-6-9-12/h12H,2-11,13H2,1H3. The first-order valence-electron chi connectivity index (χ1n) is 6.81. The molecular formula is C12H26N2O2S. The van der Waals surface area contributed by atoms with Crippen LogP contribution < -0.4 is 5.73 Å². The Morgan fingerprint density at radius 1 is 1.18 bits per heavy atom. The molecule has 1 fully saturated rings. The minimum Gasteiger partial charge on any atom is -0.330 e. The van der Waals surface area contributed by atoms with Crippen molar-refractivity contribution in [1.29, 1.82) is 0 Å². The van der Waals surface area contributed by atoms with Crippen LogP contribution in [0, 0.1) is 0 Å². The van der Waals surface area contributed by atoms with Gasteiger partial charge in [0.2, 0.25) is 10.0 Å². The smallest absolute Gasteiger partial charge is 0.214 e. The second-order valence-corrected chi connectivity index (χ2v) is 7.01. The molecule has 2 N–H and O–H groups in total. The van der Waals surface area contributed by atoms with Gasteiger partial charge in [-0.25, -0.2) is 8.42 Å². The van der Waals surface area contributed by atoms with Crippen molar-refractivity contribution in [2.75, 3.05) is 18.8 Å². The van der Waals surface area contributed by atoms with E-state index in [9.17, 15) is 8.42 Å². The minimum atomic E-state index is -3.07. The van der Waals surface area contributed by atoms with Gasteiger partial charge in [0.05, 0.1) is 5.75 Å². The van der Waals surface area contributed by atoms with Gasteiger partial charge in [0.25, 0.3) is 0 Å². The third-order valence-corrected chi connectivity index (χ3v) is 5.46. The first-order chi connectivity index (χ1) is 8.11. The Balaban J connectivity index is 2.73. The fraction of sp³-hybridized carbons (Fsp3) is 1.00. The third kappa shape index (κ3) is 4.56. The lowest BCUT2D eigenvalue weighted by atomic mass is 10.1. The van der Waals surface area contributed by atoms with E-state index in [0.717, 1.165) is 32.1 Å². The molecule has 5 heteroatoms. The lowest BCUT2D eigenvalue weighted by Gasteiger charge is -2.29. The van der Waals surface area contributed by atoms with E-state index in [1.54, 1.807) is 11.2 Å². The summed E-state index contributed by atoms with van der Waals surface area (Å²) >= 11 is 0. The summed E-state index contributed by atoms with van der Waals surface area (Å²) in [5.41, 5.74) is 5.50. The lowest BCUT2D eigenvalue weighted by molar-refractivity contribution is 0.291. The van der Waals surface area contributed by atoms with Gasteiger partial charge in [0, 0.05) is 12.6 Å². The Morgan fingerprint density at radius 2 is 1.76 bits per heavy atom. The molecule has 0 aromatic heterocycles. The predicted molar refractivity (Wildman–Crippen MR) is 71.3 cm³/mol. The maximum absolute atomic E-state index is 12.1. The molecule has 1 aliphatic carbocycles. The fourth-order valence-electron chi connectivity index (χ4n) is 2.51. The summed E-state index contributed by atoms with van der Waals surface area (Å²) < 4.78 is 25.9. The van der Waals surface area contributed by atoms with Crippen LogP contribution in [0.25, 0.3) is 0 Å². The SMILES string of the molecule is CCS(=O)(=O)N(CCCN)C1CCCCCC1. The van der Waals surface area contributed by atoms with Crippen LogP contribution in [-0.2, 0) is 10.0 Å². The molecule has 1 aliphatic rings. The Hall–Kier alpha value is -0.130. The van der Waals surface area contributed by atoms with E-state index in [1.807, 2.05) is 0 Å². The predicted octanol–water partition coefficient (Wildman–Crippen LogP) is 1.71. The molecule has 0 spiro atoms. The first-order valence-corrected chi connectivity index (χ1v) is 8.42. The number of hydrogen-bond donors (Lipinski definition) is 1. The molecule has 0 bridgehead atoms. The fourth-order valence-corrected chi connectivity index (χ4v) is 3.91. The number of nitrogens with zero attached hydrogens (tertiary/aromatic N) is 1. The van der Waals surface area contributed by atoms with Gasteiger partial charge in [-0.05, 0) is 32.7 Å². The van der Waals surface area contributed by atoms with Gasteiger partial charge in [0.1, 0.15) is 0 Å². The zero-order valence-electron chi connectivity index (χ0n) is 10.9. The maximum Gasteiger partial charge on any atom is 0.214 e. The van der Waals surface area contributed by atoms with Crippen LogP contribution >= 0.6 is 0 Å². The van der Waals surface area contributed by atoms with Crippen LogP contribution in [0.2, 0.25) is 0 Å². The summed E-state index contributed by atoms with van der Waals surface area (Å²) in [5, 5.41) is 0. The van der Waals surface area contributed by atoms with Crippen molar-refractivity contribution in [2.45, 2.75) is 57.9 Å². The highest BCUT2D eigenvalue weighted by atomic mass is 32.2. The van der Waals surface area contributed by atoms with Crippen molar-refractivity contribution in [3.05, 3.63) is 0 Å². The second kappa shape index (κ2) is 7.34. The number of nitrogens with two attached hydrogens (primary N) is 1. The molecule has 0 aromatic carbocycles. The van der Waals surface area contributed by atoms with E-state index >= 15 is 0 Å². The van der Waals surface area contributed by atoms with Crippen molar-refractivity contribution in [2.24, 2.45) is 5.73 Å². The summed E-state index contributed by atoms with van der Waals surface area (Å²) in [6.07, 6.45) is 7.59. The van der Waals surface area contributed by atoms with Crippen LogP contribution in [0.1, 0.15) is 51.9 Å². The van der Waals surface area contributed by atoms with Gasteiger partial charge >= 0.3 is 0 Å². The third-order valence-electron chi connectivity index (χ3n) is 3.54. The quantitative estimate of drug-likeness (QED) is 0.741. The van der Waals surface area contributed by atoms with E-state index < -0.39 is 10.0 Å². The molecule has 0 atom stereocenters. The zero-order chi connectivity index (χ0) is 12.7.